The molecule has 0 saturated carbocycles. The van der Waals surface area contributed by atoms with E-state index in [0.717, 1.165) is 50.5 Å². The van der Waals surface area contributed by atoms with Gasteiger partial charge in [-0.3, -0.25) is 9.59 Å². The van der Waals surface area contributed by atoms with E-state index < -0.39 is 17.6 Å². The number of amides is 2. The second-order valence-electron chi connectivity index (χ2n) is 10.1. The lowest BCUT2D eigenvalue weighted by Crippen LogP contribution is -2.47. The first-order chi connectivity index (χ1) is 18.5. The highest BCUT2D eigenvalue weighted by Crippen LogP contribution is 2.30. The Kier molecular flexibility index (Phi) is 8.22. The molecule has 1 unspecified atom stereocenters. The summed E-state index contributed by atoms with van der Waals surface area (Å²) in [5.74, 6) is -1.81. The molecular formula is C29H33F2N3O4. The highest BCUT2D eigenvalue weighted by Gasteiger charge is 2.31. The lowest BCUT2D eigenvalue weighted by atomic mass is 9.95. The summed E-state index contributed by atoms with van der Waals surface area (Å²) in [6.07, 6.45) is 5.20. The van der Waals surface area contributed by atoms with E-state index in [1.54, 1.807) is 4.90 Å². The molecular weight excluding hydrogens is 492 g/mol. The van der Waals surface area contributed by atoms with Gasteiger partial charge in [-0.05, 0) is 55.8 Å². The lowest BCUT2D eigenvalue weighted by molar-refractivity contribution is -0.126. The van der Waals surface area contributed by atoms with E-state index in [1.807, 2.05) is 30.3 Å². The minimum absolute atomic E-state index is 0.0539. The van der Waals surface area contributed by atoms with Crippen molar-refractivity contribution in [1.29, 1.82) is 0 Å². The van der Waals surface area contributed by atoms with Crippen LogP contribution in [-0.4, -0.2) is 55.7 Å². The zero-order valence-corrected chi connectivity index (χ0v) is 21.3. The molecule has 1 atom stereocenters. The Labute approximate surface area is 221 Å². The van der Waals surface area contributed by atoms with Crippen molar-refractivity contribution in [2.24, 2.45) is 5.92 Å². The van der Waals surface area contributed by atoms with Crippen LogP contribution in [0.4, 0.5) is 14.5 Å². The first-order valence-corrected chi connectivity index (χ1v) is 13.3. The van der Waals surface area contributed by atoms with Crippen molar-refractivity contribution in [3.8, 4) is 0 Å². The molecule has 1 N–H and O–H groups in total. The molecule has 0 spiro atoms. The van der Waals surface area contributed by atoms with E-state index in [2.05, 4.69) is 10.2 Å². The minimum Gasteiger partial charge on any atom is -0.462 e. The molecule has 0 aromatic heterocycles. The van der Waals surface area contributed by atoms with E-state index >= 15 is 0 Å². The number of anilines is 1. The molecule has 38 heavy (non-hydrogen) atoms. The number of likely N-dealkylation sites (tertiary alicyclic amines) is 1. The minimum atomic E-state index is -0.929. The molecule has 2 amide bonds. The van der Waals surface area contributed by atoms with Gasteiger partial charge in [0.25, 0.3) is 0 Å². The first kappa shape index (κ1) is 26.2. The van der Waals surface area contributed by atoms with Crippen LogP contribution in [0.5, 0.6) is 0 Å². The fraction of sp³-hybridized carbons (Fsp3) is 0.448. The first-order valence-electron chi connectivity index (χ1n) is 13.3. The molecule has 202 valence electrons. The lowest BCUT2D eigenvalue weighted by Gasteiger charge is -2.34. The number of ether oxygens (including phenoxy) is 2. The predicted molar refractivity (Wildman–Crippen MR) is 138 cm³/mol. The molecule has 5 rings (SSSR count). The van der Waals surface area contributed by atoms with Crippen molar-refractivity contribution in [1.82, 2.24) is 10.2 Å². The zero-order chi connectivity index (χ0) is 26.5. The number of rotatable bonds is 9. The molecule has 3 aliphatic heterocycles. The van der Waals surface area contributed by atoms with Crippen LogP contribution in [0.1, 0.15) is 36.8 Å². The number of benzene rings is 2. The fourth-order valence-electron chi connectivity index (χ4n) is 5.45. The van der Waals surface area contributed by atoms with Gasteiger partial charge < -0.3 is 24.6 Å². The van der Waals surface area contributed by atoms with Crippen molar-refractivity contribution >= 4 is 17.5 Å². The Bertz CT molecular complexity index is 1180. The number of carbonyl (C=O) groups is 2. The van der Waals surface area contributed by atoms with Gasteiger partial charge in [-0.15, -0.1) is 0 Å². The number of piperidine rings is 1. The van der Waals surface area contributed by atoms with E-state index in [9.17, 15) is 18.4 Å². The van der Waals surface area contributed by atoms with Crippen LogP contribution < -0.4 is 10.2 Å². The quantitative estimate of drug-likeness (QED) is 0.538. The van der Waals surface area contributed by atoms with Crippen LogP contribution in [0.3, 0.4) is 0 Å². The number of fused-ring (bicyclic) bond motifs is 1. The van der Waals surface area contributed by atoms with Gasteiger partial charge in [0.1, 0.15) is 17.9 Å². The molecule has 2 aromatic rings. The second-order valence-corrected chi connectivity index (χ2v) is 10.1. The van der Waals surface area contributed by atoms with Crippen LogP contribution in [0, 0.1) is 17.6 Å². The highest BCUT2D eigenvalue weighted by molar-refractivity contribution is 5.96. The molecule has 3 heterocycles. The molecule has 3 aliphatic rings. The Morgan fingerprint density at radius 3 is 2.55 bits per heavy atom. The third kappa shape index (κ3) is 6.15. The summed E-state index contributed by atoms with van der Waals surface area (Å²) in [4.78, 5) is 29.6. The van der Waals surface area contributed by atoms with Crippen LogP contribution in [0.25, 0.3) is 0 Å². The summed E-state index contributed by atoms with van der Waals surface area (Å²) < 4.78 is 38.2. The van der Waals surface area contributed by atoms with Crippen molar-refractivity contribution in [2.45, 2.75) is 44.6 Å². The number of nitrogens with one attached hydrogen (secondary N) is 1. The van der Waals surface area contributed by atoms with Gasteiger partial charge in [-0.2, -0.15) is 0 Å². The average Bonchev–Trinajstić information content (AvgIpc) is 3.46. The van der Waals surface area contributed by atoms with Crippen LogP contribution >= 0.6 is 0 Å². The molecule has 2 aromatic carbocycles. The molecule has 0 aliphatic carbocycles. The molecule has 1 saturated heterocycles. The number of hydrogen-bond donors (Lipinski definition) is 1. The Morgan fingerprint density at radius 1 is 1.05 bits per heavy atom. The largest absolute Gasteiger partial charge is 0.462 e. The summed E-state index contributed by atoms with van der Waals surface area (Å²) in [5.41, 5.74) is 2.22. The molecule has 0 radical (unpaired) electrons. The molecule has 7 nitrogen and oxygen atoms in total. The van der Waals surface area contributed by atoms with Crippen LogP contribution in [-0.2, 0) is 31.9 Å². The summed E-state index contributed by atoms with van der Waals surface area (Å²) >= 11 is 0. The van der Waals surface area contributed by atoms with E-state index in [-0.39, 0.29) is 24.6 Å². The maximum absolute atomic E-state index is 13.8. The average molecular weight is 526 g/mol. The van der Waals surface area contributed by atoms with E-state index in [0.29, 0.717) is 42.8 Å². The standard InChI is InChI=1S/C29H33F2N3O4/c30-24-16-21-7-8-28(35)34(26(21)17-25(24)31)12-4-11-33-13-9-22(10-14-33)32-29(36)23(27-18-37-19-38-27)15-20-5-2-1-3-6-20/h1-3,5-6,16-18,22-23H,4,7-15,19H2,(H,32,36). The third-order valence-electron chi connectivity index (χ3n) is 7.55. The highest BCUT2D eigenvalue weighted by atomic mass is 19.2. The normalized spacial score (nSPS) is 18.8. The van der Waals surface area contributed by atoms with Crippen LogP contribution in [0.2, 0.25) is 0 Å². The Morgan fingerprint density at radius 2 is 1.82 bits per heavy atom. The van der Waals surface area contributed by atoms with Gasteiger partial charge in [0, 0.05) is 43.9 Å². The van der Waals surface area contributed by atoms with Crippen molar-refractivity contribution < 1.29 is 27.8 Å². The van der Waals surface area contributed by atoms with E-state index in [4.69, 9.17) is 9.47 Å². The van der Waals surface area contributed by atoms with Gasteiger partial charge in [0.2, 0.25) is 18.6 Å². The summed E-state index contributed by atoms with van der Waals surface area (Å²) in [7, 11) is 0. The summed E-state index contributed by atoms with van der Waals surface area (Å²) in [5, 5.41) is 3.21. The van der Waals surface area contributed by atoms with Crippen LogP contribution in [0.15, 0.2) is 54.5 Å². The predicted octanol–water partition coefficient (Wildman–Crippen LogP) is 3.92. The van der Waals surface area contributed by atoms with Gasteiger partial charge in [-0.25, -0.2) is 8.78 Å². The number of nitrogens with zero attached hydrogens (tertiary/aromatic N) is 2. The fourth-order valence-corrected chi connectivity index (χ4v) is 5.45. The third-order valence-corrected chi connectivity index (χ3v) is 7.55. The van der Waals surface area contributed by atoms with Gasteiger partial charge in [0.15, 0.2) is 11.6 Å². The Balaban J connectivity index is 1.10. The second kappa shape index (κ2) is 11.9. The SMILES string of the molecule is O=C(NC1CCN(CCCN2C(=O)CCc3cc(F)c(F)cc32)CC1)C(Cc1ccccc1)C1=COCO1. The Hall–Kier alpha value is -3.46. The maximum atomic E-state index is 13.8. The number of halogens is 2. The van der Waals surface area contributed by atoms with Gasteiger partial charge in [-0.1, -0.05) is 30.3 Å². The van der Waals surface area contributed by atoms with Gasteiger partial charge in [0.05, 0.1) is 0 Å². The molecule has 9 heteroatoms. The zero-order valence-electron chi connectivity index (χ0n) is 21.3. The van der Waals surface area contributed by atoms with Crippen molar-refractivity contribution in [2.75, 3.05) is 37.9 Å². The summed E-state index contributed by atoms with van der Waals surface area (Å²) in [6.45, 7) is 3.05. The number of aryl methyl sites for hydroxylation is 1. The molecule has 0 bridgehead atoms. The topological polar surface area (TPSA) is 71.1 Å². The molecule has 1 fully saturated rings. The maximum Gasteiger partial charge on any atom is 0.231 e. The van der Waals surface area contributed by atoms with Gasteiger partial charge >= 0.3 is 0 Å². The van der Waals surface area contributed by atoms with Crippen molar-refractivity contribution in [3.05, 3.63) is 77.2 Å². The number of hydrogen-bond acceptors (Lipinski definition) is 5. The van der Waals surface area contributed by atoms with E-state index in [1.165, 1.54) is 12.3 Å². The summed E-state index contributed by atoms with van der Waals surface area (Å²) in [6, 6.07) is 12.3. The smallest absolute Gasteiger partial charge is 0.231 e. The number of carbonyl (C=O) groups excluding carboxylic acids is 2. The van der Waals surface area contributed by atoms with Crippen molar-refractivity contribution in [3.63, 3.8) is 0 Å². The monoisotopic (exact) mass is 525 g/mol.